The Bertz CT molecular complexity index is 614. The molecule has 10 heteroatoms. The molecular formula is C10H18ClN3O4S2. The minimum Gasteiger partial charge on any atom is -0.316 e. The Labute approximate surface area is 125 Å². The molecule has 1 rings (SSSR count). The van der Waals surface area contributed by atoms with Crippen molar-refractivity contribution in [2.75, 3.05) is 25.9 Å². The molecule has 0 atom stereocenters. The van der Waals surface area contributed by atoms with Gasteiger partial charge in [-0.05, 0) is 18.7 Å². The van der Waals surface area contributed by atoms with Gasteiger partial charge >= 0.3 is 0 Å². The third-order valence-electron chi connectivity index (χ3n) is 2.24. The van der Waals surface area contributed by atoms with Crippen LogP contribution in [0.3, 0.4) is 0 Å². The second-order valence-corrected chi connectivity index (χ2v) is 7.59. The third kappa shape index (κ3) is 5.71. The van der Waals surface area contributed by atoms with E-state index in [4.69, 9.17) is 0 Å². The molecule has 0 radical (unpaired) electrons. The van der Waals surface area contributed by atoms with Crippen molar-refractivity contribution in [2.45, 2.75) is 16.8 Å². The van der Waals surface area contributed by atoms with Crippen LogP contribution in [0.1, 0.15) is 6.92 Å². The molecule has 0 spiro atoms. The van der Waals surface area contributed by atoms with Gasteiger partial charge in [0.1, 0.15) is 4.90 Å². The molecule has 20 heavy (non-hydrogen) atoms. The number of likely N-dealkylation sites (N-methyl/N-ethyl adjacent to an activating group) is 1. The maximum atomic E-state index is 11.8. The van der Waals surface area contributed by atoms with Crippen LogP contribution in [-0.2, 0) is 19.9 Å². The van der Waals surface area contributed by atoms with E-state index in [1.807, 2.05) is 6.92 Å². The molecule has 116 valence electrons. The number of hydrogen-bond donors (Lipinski definition) is 2. The van der Waals surface area contributed by atoms with Crippen molar-refractivity contribution in [2.24, 2.45) is 0 Å². The standard InChI is InChI=1S/C10H17N3O4S2.ClH/c1-3-11-6-7-13-19(16,17)9-4-5-10(12-8-9)18(2,14)15;/h4-5,8,11,13H,3,6-7H2,1-2H3;1H. The highest BCUT2D eigenvalue weighted by Gasteiger charge is 2.15. The molecule has 0 aliphatic heterocycles. The van der Waals surface area contributed by atoms with Crippen molar-refractivity contribution in [1.82, 2.24) is 15.0 Å². The van der Waals surface area contributed by atoms with Gasteiger partial charge in [-0.1, -0.05) is 6.92 Å². The van der Waals surface area contributed by atoms with E-state index in [2.05, 4.69) is 15.0 Å². The predicted octanol–water partition coefficient (Wildman–Crippen LogP) is -0.205. The minimum atomic E-state index is -3.65. The predicted molar refractivity (Wildman–Crippen MR) is 78.3 cm³/mol. The summed E-state index contributed by atoms with van der Waals surface area (Å²) in [6.45, 7) is 3.45. The molecule has 2 N–H and O–H groups in total. The zero-order valence-electron chi connectivity index (χ0n) is 11.2. The summed E-state index contributed by atoms with van der Waals surface area (Å²) in [7, 11) is -7.08. The van der Waals surface area contributed by atoms with Crippen molar-refractivity contribution in [3.8, 4) is 0 Å². The van der Waals surface area contributed by atoms with Gasteiger partial charge in [-0.25, -0.2) is 26.5 Å². The second-order valence-electron chi connectivity index (χ2n) is 3.86. The van der Waals surface area contributed by atoms with Crippen LogP contribution in [0.4, 0.5) is 0 Å². The summed E-state index contributed by atoms with van der Waals surface area (Å²) >= 11 is 0. The largest absolute Gasteiger partial charge is 0.316 e. The summed E-state index contributed by atoms with van der Waals surface area (Å²) in [5.41, 5.74) is 0. The summed E-state index contributed by atoms with van der Waals surface area (Å²) in [6.07, 6.45) is 2.05. The summed E-state index contributed by atoms with van der Waals surface area (Å²) < 4.78 is 48.4. The smallest absolute Gasteiger partial charge is 0.242 e. The molecule has 0 saturated carbocycles. The van der Waals surface area contributed by atoms with E-state index in [0.29, 0.717) is 6.54 Å². The maximum absolute atomic E-state index is 11.8. The molecule has 7 nitrogen and oxygen atoms in total. The van der Waals surface area contributed by atoms with Crippen molar-refractivity contribution in [3.63, 3.8) is 0 Å². The van der Waals surface area contributed by atoms with Crippen LogP contribution in [0.2, 0.25) is 0 Å². The number of sulfone groups is 1. The molecule has 0 aromatic carbocycles. The molecule has 0 fully saturated rings. The van der Waals surface area contributed by atoms with E-state index in [9.17, 15) is 16.8 Å². The molecule has 0 unspecified atom stereocenters. The van der Waals surface area contributed by atoms with Crippen LogP contribution in [-0.4, -0.2) is 47.7 Å². The average Bonchev–Trinajstić information content (AvgIpc) is 2.34. The van der Waals surface area contributed by atoms with E-state index in [1.165, 1.54) is 12.1 Å². The number of sulfonamides is 1. The van der Waals surface area contributed by atoms with E-state index in [0.717, 1.165) is 19.0 Å². The van der Waals surface area contributed by atoms with Crippen LogP contribution >= 0.6 is 12.4 Å². The van der Waals surface area contributed by atoms with E-state index < -0.39 is 19.9 Å². The molecule has 1 aromatic heterocycles. The fourth-order valence-corrected chi connectivity index (χ4v) is 2.81. The maximum Gasteiger partial charge on any atom is 0.242 e. The Balaban J connectivity index is 0.00000361. The van der Waals surface area contributed by atoms with Gasteiger partial charge in [-0.2, -0.15) is 0 Å². The van der Waals surface area contributed by atoms with Crippen molar-refractivity contribution in [1.29, 1.82) is 0 Å². The lowest BCUT2D eigenvalue weighted by atomic mass is 10.5. The Kier molecular flexibility index (Phi) is 7.60. The van der Waals surface area contributed by atoms with Crippen LogP contribution in [0.25, 0.3) is 0 Å². The number of aromatic nitrogens is 1. The van der Waals surface area contributed by atoms with Gasteiger partial charge in [-0.15, -0.1) is 12.4 Å². The van der Waals surface area contributed by atoms with Crippen LogP contribution in [0, 0.1) is 0 Å². The lowest BCUT2D eigenvalue weighted by molar-refractivity contribution is 0.575. The number of hydrogen-bond acceptors (Lipinski definition) is 6. The Morgan fingerprint density at radius 3 is 2.25 bits per heavy atom. The Morgan fingerprint density at radius 2 is 1.80 bits per heavy atom. The topological polar surface area (TPSA) is 105 Å². The second kappa shape index (κ2) is 7.89. The number of rotatable bonds is 7. The minimum absolute atomic E-state index is 0. The van der Waals surface area contributed by atoms with Gasteiger partial charge < -0.3 is 5.32 Å². The normalized spacial score (nSPS) is 11.9. The van der Waals surface area contributed by atoms with Gasteiger partial charge in [0.05, 0.1) is 0 Å². The summed E-state index contributed by atoms with van der Waals surface area (Å²) in [6, 6.07) is 2.40. The molecular weight excluding hydrogens is 326 g/mol. The summed E-state index contributed by atoms with van der Waals surface area (Å²) in [4.78, 5) is 3.58. The Hall–Kier alpha value is -0.740. The highest BCUT2D eigenvalue weighted by Crippen LogP contribution is 2.10. The first-order valence-electron chi connectivity index (χ1n) is 5.64. The van der Waals surface area contributed by atoms with Gasteiger partial charge in [-0.3, -0.25) is 0 Å². The van der Waals surface area contributed by atoms with Crippen molar-refractivity contribution in [3.05, 3.63) is 18.3 Å². The molecule has 0 bridgehead atoms. The van der Waals surface area contributed by atoms with Crippen molar-refractivity contribution >= 4 is 32.3 Å². The molecule has 1 aromatic rings. The lowest BCUT2D eigenvalue weighted by Gasteiger charge is -2.07. The van der Waals surface area contributed by atoms with Gasteiger partial charge in [0, 0.05) is 25.5 Å². The highest BCUT2D eigenvalue weighted by molar-refractivity contribution is 7.90. The number of nitrogens with zero attached hydrogens (tertiary/aromatic N) is 1. The quantitative estimate of drug-likeness (QED) is 0.664. The zero-order valence-corrected chi connectivity index (χ0v) is 13.6. The van der Waals surface area contributed by atoms with Crippen LogP contribution < -0.4 is 10.0 Å². The SMILES string of the molecule is CCNCCNS(=O)(=O)c1ccc(S(C)(=O)=O)nc1.Cl. The lowest BCUT2D eigenvalue weighted by Crippen LogP contribution is -2.31. The molecule has 0 amide bonds. The first kappa shape index (κ1) is 19.3. The monoisotopic (exact) mass is 343 g/mol. The van der Waals surface area contributed by atoms with Gasteiger partial charge in [0.25, 0.3) is 0 Å². The fraction of sp³-hybridized carbons (Fsp3) is 0.500. The van der Waals surface area contributed by atoms with E-state index in [-0.39, 0.29) is 28.9 Å². The fourth-order valence-electron chi connectivity index (χ4n) is 1.28. The number of halogens is 1. The van der Waals surface area contributed by atoms with Crippen LogP contribution in [0.5, 0.6) is 0 Å². The van der Waals surface area contributed by atoms with E-state index >= 15 is 0 Å². The zero-order chi connectivity index (χ0) is 14.5. The molecule has 1 heterocycles. The number of pyridine rings is 1. The molecule has 0 aliphatic rings. The Morgan fingerprint density at radius 1 is 1.15 bits per heavy atom. The molecule has 0 aliphatic carbocycles. The summed E-state index contributed by atoms with van der Waals surface area (Å²) in [5.74, 6) is 0. The number of nitrogens with one attached hydrogen (secondary N) is 2. The van der Waals surface area contributed by atoms with Crippen LogP contribution in [0.15, 0.2) is 28.3 Å². The first-order chi connectivity index (χ1) is 8.77. The van der Waals surface area contributed by atoms with Crippen molar-refractivity contribution < 1.29 is 16.8 Å². The van der Waals surface area contributed by atoms with E-state index in [1.54, 1.807) is 0 Å². The summed E-state index contributed by atoms with van der Waals surface area (Å²) in [5, 5.41) is 2.83. The van der Waals surface area contributed by atoms with Gasteiger partial charge in [0.2, 0.25) is 10.0 Å². The third-order valence-corrected chi connectivity index (χ3v) is 4.69. The first-order valence-corrected chi connectivity index (χ1v) is 9.01. The highest BCUT2D eigenvalue weighted by atomic mass is 35.5. The molecule has 0 saturated heterocycles. The average molecular weight is 344 g/mol. The van der Waals surface area contributed by atoms with Gasteiger partial charge in [0.15, 0.2) is 14.9 Å².